The largest absolute Gasteiger partial charge is 0.354 e. The van der Waals surface area contributed by atoms with Gasteiger partial charge >= 0.3 is 0 Å². The zero-order valence-corrected chi connectivity index (χ0v) is 16.8. The van der Waals surface area contributed by atoms with E-state index in [4.69, 9.17) is 0 Å². The number of aromatic nitrogens is 1. The number of amides is 2. The highest BCUT2D eigenvalue weighted by Gasteiger charge is 2.35. The average molecular weight is 381 g/mol. The van der Waals surface area contributed by atoms with E-state index in [9.17, 15) is 14.4 Å². The second-order valence-electron chi connectivity index (χ2n) is 8.30. The lowest BCUT2D eigenvalue weighted by molar-refractivity contribution is -0.120. The van der Waals surface area contributed by atoms with Gasteiger partial charge in [0.2, 0.25) is 5.91 Å². The second-order valence-corrected chi connectivity index (χ2v) is 8.30. The topological polar surface area (TPSA) is 91.1 Å². The smallest absolute Gasteiger partial charge is 0.268 e. The predicted molar refractivity (Wildman–Crippen MR) is 107 cm³/mol. The maximum absolute atomic E-state index is 12.6. The van der Waals surface area contributed by atoms with Crippen molar-refractivity contribution in [3.8, 4) is 0 Å². The van der Waals surface area contributed by atoms with Crippen LogP contribution >= 0.6 is 0 Å². The predicted octanol–water partition coefficient (Wildman–Crippen LogP) is 3.09. The third kappa shape index (κ3) is 4.16. The van der Waals surface area contributed by atoms with E-state index >= 15 is 0 Å². The summed E-state index contributed by atoms with van der Waals surface area (Å²) in [5, 5.41) is 5.51. The van der Waals surface area contributed by atoms with Crippen LogP contribution in [0.4, 0.5) is 0 Å². The first kappa shape index (κ1) is 19.9. The van der Waals surface area contributed by atoms with Gasteiger partial charge in [0, 0.05) is 17.7 Å². The molecule has 6 heteroatoms. The Morgan fingerprint density at radius 3 is 2.54 bits per heavy atom. The highest BCUT2D eigenvalue weighted by molar-refractivity contribution is 6.05. The molecule has 2 amide bonds. The number of Topliss-reactive ketones (excluding diaryl/α,β-unsaturated/α-hetero) is 1. The summed E-state index contributed by atoms with van der Waals surface area (Å²) >= 11 is 0. The SMILES string of the molecule is Cc1c(C(=O)NCC(=O)N[C@@H](C)c2ccccc2)[nH]c2c1C(=O)CC(C)(C)C2. The van der Waals surface area contributed by atoms with Crippen LogP contribution in [0.5, 0.6) is 0 Å². The Labute approximate surface area is 165 Å². The van der Waals surface area contributed by atoms with Gasteiger partial charge in [-0.1, -0.05) is 44.2 Å². The molecule has 0 unspecified atom stereocenters. The Morgan fingerprint density at radius 2 is 1.86 bits per heavy atom. The van der Waals surface area contributed by atoms with Crippen LogP contribution in [0.2, 0.25) is 0 Å². The molecule has 0 saturated heterocycles. The molecule has 0 fully saturated rings. The highest BCUT2D eigenvalue weighted by atomic mass is 16.2. The minimum Gasteiger partial charge on any atom is -0.354 e. The minimum absolute atomic E-state index is 0.0634. The summed E-state index contributed by atoms with van der Waals surface area (Å²) in [6, 6.07) is 9.48. The van der Waals surface area contributed by atoms with Gasteiger partial charge in [0.25, 0.3) is 5.91 Å². The van der Waals surface area contributed by atoms with Crippen molar-refractivity contribution < 1.29 is 14.4 Å². The van der Waals surface area contributed by atoms with E-state index in [0.717, 1.165) is 17.7 Å². The third-order valence-corrected chi connectivity index (χ3v) is 5.21. The van der Waals surface area contributed by atoms with Crippen LogP contribution in [-0.4, -0.2) is 29.1 Å². The molecule has 0 radical (unpaired) electrons. The number of rotatable bonds is 5. The molecular weight excluding hydrogens is 354 g/mol. The summed E-state index contributed by atoms with van der Waals surface area (Å²) in [6.07, 6.45) is 1.19. The van der Waals surface area contributed by atoms with Crippen molar-refractivity contribution in [3.63, 3.8) is 0 Å². The molecule has 3 N–H and O–H groups in total. The van der Waals surface area contributed by atoms with Crippen LogP contribution in [0, 0.1) is 12.3 Å². The Morgan fingerprint density at radius 1 is 1.18 bits per heavy atom. The molecule has 0 saturated carbocycles. The van der Waals surface area contributed by atoms with Crippen LogP contribution in [0.25, 0.3) is 0 Å². The molecule has 6 nitrogen and oxygen atoms in total. The molecule has 1 aliphatic carbocycles. The average Bonchev–Trinajstić information content (AvgIpc) is 2.95. The van der Waals surface area contributed by atoms with Gasteiger partial charge in [-0.25, -0.2) is 0 Å². The summed E-state index contributed by atoms with van der Waals surface area (Å²) < 4.78 is 0. The molecule has 148 valence electrons. The lowest BCUT2D eigenvalue weighted by atomic mass is 9.75. The Bertz CT molecular complexity index is 913. The van der Waals surface area contributed by atoms with Crippen LogP contribution in [-0.2, 0) is 11.2 Å². The van der Waals surface area contributed by atoms with Crippen LogP contribution < -0.4 is 10.6 Å². The fourth-order valence-electron chi connectivity index (χ4n) is 3.83. The number of ketones is 1. The highest BCUT2D eigenvalue weighted by Crippen LogP contribution is 2.36. The molecular formula is C22H27N3O3. The number of nitrogens with one attached hydrogen (secondary N) is 3. The molecule has 1 atom stereocenters. The number of hydrogen-bond acceptors (Lipinski definition) is 3. The molecule has 3 rings (SSSR count). The molecule has 1 aliphatic rings. The summed E-state index contributed by atoms with van der Waals surface area (Å²) in [6.45, 7) is 7.63. The first-order chi connectivity index (χ1) is 13.2. The number of carbonyl (C=O) groups excluding carboxylic acids is 3. The zero-order valence-electron chi connectivity index (χ0n) is 16.8. The van der Waals surface area contributed by atoms with Crippen LogP contribution in [0.15, 0.2) is 30.3 Å². The Balaban J connectivity index is 1.63. The standard InChI is InChI=1S/C22H27N3O3/c1-13-19-16(10-22(3,4)11-17(19)26)25-20(13)21(28)23-12-18(27)24-14(2)15-8-6-5-7-9-15/h5-9,14,25H,10-12H2,1-4H3,(H,23,28)(H,24,27)/t14-/m0/s1. The van der Waals surface area contributed by atoms with Crippen LogP contribution in [0.3, 0.4) is 0 Å². The van der Waals surface area contributed by atoms with E-state index in [-0.39, 0.29) is 35.6 Å². The van der Waals surface area contributed by atoms with Crippen molar-refractivity contribution in [2.75, 3.05) is 6.54 Å². The number of hydrogen-bond donors (Lipinski definition) is 3. The number of H-pyrrole nitrogens is 1. The fourth-order valence-corrected chi connectivity index (χ4v) is 3.83. The number of fused-ring (bicyclic) bond motifs is 1. The van der Waals surface area contributed by atoms with E-state index in [1.165, 1.54) is 0 Å². The lowest BCUT2D eigenvalue weighted by Gasteiger charge is -2.28. The Hall–Kier alpha value is -2.89. The monoisotopic (exact) mass is 381 g/mol. The molecule has 28 heavy (non-hydrogen) atoms. The first-order valence-corrected chi connectivity index (χ1v) is 9.55. The summed E-state index contributed by atoms with van der Waals surface area (Å²) in [5.74, 6) is -0.579. The van der Waals surface area contributed by atoms with Crippen molar-refractivity contribution in [3.05, 3.63) is 58.4 Å². The lowest BCUT2D eigenvalue weighted by Crippen LogP contribution is -2.38. The van der Waals surface area contributed by atoms with Gasteiger partial charge in [-0.05, 0) is 36.8 Å². The molecule has 1 heterocycles. The molecule has 2 aromatic rings. The van der Waals surface area contributed by atoms with Crippen molar-refractivity contribution in [1.29, 1.82) is 0 Å². The third-order valence-electron chi connectivity index (χ3n) is 5.21. The molecule has 0 aliphatic heterocycles. The van der Waals surface area contributed by atoms with E-state index in [2.05, 4.69) is 15.6 Å². The van der Waals surface area contributed by atoms with Gasteiger partial charge in [0.1, 0.15) is 5.69 Å². The van der Waals surface area contributed by atoms with Crippen LogP contribution in [0.1, 0.15) is 70.9 Å². The molecule has 1 aromatic carbocycles. The maximum atomic E-state index is 12.6. The second kappa shape index (κ2) is 7.62. The first-order valence-electron chi connectivity index (χ1n) is 9.55. The van der Waals surface area contributed by atoms with E-state index in [1.807, 2.05) is 51.1 Å². The summed E-state index contributed by atoms with van der Waals surface area (Å²) in [4.78, 5) is 40.3. The fraction of sp³-hybridized carbons (Fsp3) is 0.409. The maximum Gasteiger partial charge on any atom is 0.268 e. The van der Waals surface area contributed by atoms with Gasteiger partial charge in [-0.2, -0.15) is 0 Å². The van der Waals surface area contributed by atoms with Gasteiger partial charge in [0.15, 0.2) is 5.78 Å². The van der Waals surface area contributed by atoms with Gasteiger partial charge in [-0.15, -0.1) is 0 Å². The number of carbonyl (C=O) groups is 3. The van der Waals surface area contributed by atoms with E-state index in [0.29, 0.717) is 23.2 Å². The molecule has 1 aromatic heterocycles. The minimum atomic E-state index is -0.375. The quantitative estimate of drug-likeness (QED) is 0.743. The zero-order chi connectivity index (χ0) is 20.5. The van der Waals surface area contributed by atoms with Gasteiger partial charge in [-0.3, -0.25) is 14.4 Å². The van der Waals surface area contributed by atoms with Crippen molar-refractivity contribution in [1.82, 2.24) is 15.6 Å². The Kier molecular flexibility index (Phi) is 5.40. The van der Waals surface area contributed by atoms with E-state index in [1.54, 1.807) is 6.92 Å². The van der Waals surface area contributed by atoms with Gasteiger partial charge in [0.05, 0.1) is 12.6 Å². The van der Waals surface area contributed by atoms with Crippen molar-refractivity contribution in [2.45, 2.75) is 46.6 Å². The molecule has 0 spiro atoms. The molecule has 0 bridgehead atoms. The summed E-state index contributed by atoms with van der Waals surface area (Å²) in [5.41, 5.74) is 3.34. The van der Waals surface area contributed by atoms with Gasteiger partial charge < -0.3 is 15.6 Å². The van der Waals surface area contributed by atoms with Crippen molar-refractivity contribution >= 4 is 17.6 Å². The normalized spacial score (nSPS) is 16.2. The van der Waals surface area contributed by atoms with E-state index < -0.39 is 0 Å². The van der Waals surface area contributed by atoms with Crippen molar-refractivity contribution in [2.24, 2.45) is 5.41 Å². The number of aromatic amines is 1. The summed E-state index contributed by atoms with van der Waals surface area (Å²) in [7, 11) is 0. The number of benzene rings is 1.